The summed E-state index contributed by atoms with van der Waals surface area (Å²) in [4.78, 5) is 27.1. The summed E-state index contributed by atoms with van der Waals surface area (Å²) in [6.45, 7) is 0. The maximum atomic E-state index is 12.9. The van der Waals surface area contributed by atoms with Crippen LogP contribution in [0.1, 0.15) is 19.3 Å². The predicted octanol–water partition coefficient (Wildman–Crippen LogP) is 4.67. The molecule has 0 N–H and O–H groups in total. The molecule has 4 atom stereocenters. The summed E-state index contributed by atoms with van der Waals surface area (Å²) in [5, 5.41) is 0.532. The minimum atomic E-state index is -0.0969. The largest absolute Gasteiger partial charge is 0.456 e. The number of imide groups is 1. The third-order valence-corrected chi connectivity index (χ3v) is 6.40. The van der Waals surface area contributed by atoms with Gasteiger partial charge >= 0.3 is 0 Å². The van der Waals surface area contributed by atoms with Crippen LogP contribution < -0.4 is 9.64 Å². The van der Waals surface area contributed by atoms with E-state index in [1.165, 1.54) is 4.90 Å². The van der Waals surface area contributed by atoms with Gasteiger partial charge in [-0.1, -0.05) is 23.7 Å². The number of para-hydroxylation sites is 1. The van der Waals surface area contributed by atoms with E-state index in [1.54, 1.807) is 36.4 Å². The average molecular weight is 368 g/mol. The minimum Gasteiger partial charge on any atom is -0.456 e. The van der Waals surface area contributed by atoms with Gasteiger partial charge in [-0.25, -0.2) is 0 Å². The third-order valence-electron chi connectivity index (χ3n) is 6.09. The van der Waals surface area contributed by atoms with Crippen LogP contribution in [0, 0.1) is 23.7 Å². The first-order valence-corrected chi connectivity index (χ1v) is 9.41. The first-order valence-electron chi connectivity index (χ1n) is 9.04. The van der Waals surface area contributed by atoms with Gasteiger partial charge in [-0.15, -0.1) is 0 Å². The van der Waals surface area contributed by atoms with E-state index in [0.29, 0.717) is 34.0 Å². The Labute approximate surface area is 156 Å². The van der Waals surface area contributed by atoms with Crippen LogP contribution in [0.5, 0.6) is 11.5 Å². The van der Waals surface area contributed by atoms with Crippen LogP contribution in [0.4, 0.5) is 5.69 Å². The summed E-state index contributed by atoms with van der Waals surface area (Å²) in [6.07, 6.45) is 3.22. The molecule has 2 saturated carbocycles. The van der Waals surface area contributed by atoms with E-state index in [2.05, 4.69) is 0 Å². The number of fused-ring (bicyclic) bond motifs is 5. The van der Waals surface area contributed by atoms with Crippen LogP contribution in [0.2, 0.25) is 5.02 Å². The lowest BCUT2D eigenvalue weighted by atomic mass is 9.81. The van der Waals surface area contributed by atoms with Gasteiger partial charge in [-0.2, -0.15) is 0 Å². The lowest BCUT2D eigenvalue weighted by molar-refractivity contribution is -0.123. The lowest BCUT2D eigenvalue weighted by Gasteiger charge is -2.19. The fourth-order valence-electron chi connectivity index (χ4n) is 4.98. The van der Waals surface area contributed by atoms with Crippen molar-refractivity contribution in [2.75, 3.05) is 4.90 Å². The SMILES string of the molecule is O=C1[C@@H]2[C@@H]3CC[C@@H](C3)[C@@H]2C(=O)N1c1ccc(Oc2ccccc2Cl)cc1. The van der Waals surface area contributed by atoms with Crippen molar-refractivity contribution in [3.05, 3.63) is 53.6 Å². The molecule has 0 unspecified atom stereocenters. The zero-order valence-corrected chi connectivity index (χ0v) is 14.9. The van der Waals surface area contributed by atoms with Gasteiger partial charge in [0.2, 0.25) is 11.8 Å². The highest BCUT2D eigenvalue weighted by Gasteiger charge is 2.61. The maximum absolute atomic E-state index is 12.9. The molecule has 5 rings (SSSR count). The van der Waals surface area contributed by atoms with Gasteiger partial charge in [0.15, 0.2) is 0 Å². The number of benzene rings is 2. The van der Waals surface area contributed by atoms with E-state index in [0.717, 1.165) is 19.3 Å². The van der Waals surface area contributed by atoms with Crippen molar-refractivity contribution in [3.63, 3.8) is 0 Å². The number of halogens is 1. The summed E-state index contributed by atoms with van der Waals surface area (Å²) >= 11 is 6.11. The van der Waals surface area contributed by atoms with Gasteiger partial charge in [0.05, 0.1) is 22.5 Å². The number of carbonyl (C=O) groups excluding carboxylic acids is 2. The average Bonchev–Trinajstić information content (AvgIpc) is 3.32. The van der Waals surface area contributed by atoms with Crippen molar-refractivity contribution in [3.8, 4) is 11.5 Å². The molecule has 0 aromatic heterocycles. The van der Waals surface area contributed by atoms with Crippen molar-refractivity contribution in [1.29, 1.82) is 0 Å². The Balaban J connectivity index is 1.39. The van der Waals surface area contributed by atoms with E-state index in [4.69, 9.17) is 16.3 Å². The van der Waals surface area contributed by atoms with Crippen LogP contribution in [0.15, 0.2) is 48.5 Å². The zero-order valence-electron chi connectivity index (χ0n) is 14.1. The monoisotopic (exact) mass is 367 g/mol. The third kappa shape index (κ3) is 2.28. The predicted molar refractivity (Wildman–Crippen MR) is 98.3 cm³/mol. The Kier molecular flexibility index (Phi) is 3.57. The van der Waals surface area contributed by atoms with Crippen molar-refractivity contribution in [2.24, 2.45) is 23.7 Å². The Morgan fingerprint density at radius 2 is 1.50 bits per heavy atom. The van der Waals surface area contributed by atoms with Gasteiger partial charge in [0.1, 0.15) is 11.5 Å². The number of carbonyl (C=O) groups is 2. The number of rotatable bonds is 3. The topological polar surface area (TPSA) is 46.6 Å². The van der Waals surface area contributed by atoms with Gasteiger partial charge in [-0.05, 0) is 67.5 Å². The number of anilines is 1. The second-order valence-corrected chi connectivity index (χ2v) is 7.83. The molecule has 0 spiro atoms. The second-order valence-electron chi connectivity index (χ2n) is 7.42. The molecule has 0 radical (unpaired) electrons. The standard InChI is InChI=1S/C21H18ClNO3/c22-16-3-1-2-4-17(16)26-15-9-7-14(8-10-15)23-20(24)18-12-5-6-13(11-12)19(18)21(23)25/h1-4,7-10,12-13,18-19H,5-6,11H2/t12-,13+,18-,19+. The lowest BCUT2D eigenvalue weighted by Crippen LogP contribution is -2.32. The van der Waals surface area contributed by atoms with Gasteiger partial charge < -0.3 is 4.74 Å². The fraction of sp³-hybridized carbons (Fsp3) is 0.333. The van der Waals surface area contributed by atoms with Gasteiger partial charge in [-0.3, -0.25) is 14.5 Å². The normalized spacial score (nSPS) is 29.3. The molecule has 2 aliphatic carbocycles. The van der Waals surface area contributed by atoms with Gasteiger partial charge in [0.25, 0.3) is 0 Å². The van der Waals surface area contributed by atoms with Crippen molar-refractivity contribution < 1.29 is 14.3 Å². The molecule has 3 fully saturated rings. The van der Waals surface area contributed by atoms with E-state index in [-0.39, 0.29) is 23.7 Å². The molecule has 2 aromatic rings. The molecular weight excluding hydrogens is 350 g/mol. The number of ether oxygens (including phenoxy) is 1. The molecule has 26 heavy (non-hydrogen) atoms. The summed E-state index contributed by atoms with van der Waals surface area (Å²) < 4.78 is 5.78. The summed E-state index contributed by atoms with van der Waals surface area (Å²) in [5.41, 5.74) is 0.625. The molecule has 1 heterocycles. The first kappa shape index (κ1) is 15.9. The quantitative estimate of drug-likeness (QED) is 0.741. The first-order chi connectivity index (χ1) is 12.6. The van der Waals surface area contributed by atoms with E-state index in [9.17, 15) is 9.59 Å². The van der Waals surface area contributed by atoms with Crippen LogP contribution in [0.25, 0.3) is 0 Å². The molecule has 2 bridgehead atoms. The molecule has 2 aromatic carbocycles. The van der Waals surface area contributed by atoms with E-state index >= 15 is 0 Å². The molecule has 5 heteroatoms. The molecular formula is C21H18ClNO3. The van der Waals surface area contributed by atoms with Gasteiger partial charge in [0, 0.05) is 0 Å². The highest BCUT2D eigenvalue weighted by atomic mass is 35.5. The number of hydrogen-bond acceptors (Lipinski definition) is 3. The molecule has 3 aliphatic rings. The second kappa shape index (κ2) is 5.85. The Bertz CT molecular complexity index is 866. The van der Waals surface area contributed by atoms with Crippen LogP contribution in [0.3, 0.4) is 0 Å². The Morgan fingerprint density at radius 1 is 0.885 bits per heavy atom. The molecule has 2 amide bonds. The van der Waals surface area contributed by atoms with E-state index in [1.807, 2.05) is 12.1 Å². The maximum Gasteiger partial charge on any atom is 0.237 e. The van der Waals surface area contributed by atoms with E-state index < -0.39 is 0 Å². The Morgan fingerprint density at radius 3 is 2.12 bits per heavy atom. The highest BCUT2D eigenvalue weighted by molar-refractivity contribution is 6.32. The molecule has 1 saturated heterocycles. The summed E-state index contributed by atoms with van der Waals surface area (Å²) in [5.74, 6) is 1.74. The van der Waals surface area contributed by atoms with Crippen LogP contribution >= 0.6 is 11.6 Å². The Hall–Kier alpha value is -2.33. The van der Waals surface area contributed by atoms with Crippen LogP contribution in [-0.2, 0) is 9.59 Å². The molecule has 132 valence electrons. The van der Waals surface area contributed by atoms with Crippen molar-refractivity contribution in [1.82, 2.24) is 0 Å². The fourth-order valence-corrected chi connectivity index (χ4v) is 5.16. The molecule has 1 aliphatic heterocycles. The number of hydrogen-bond donors (Lipinski definition) is 0. The molecule has 4 nitrogen and oxygen atoms in total. The van der Waals surface area contributed by atoms with Crippen molar-refractivity contribution in [2.45, 2.75) is 19.3 Å². The zero-order chi connectivity index (χ0) is 17.8. The number of nitrogens with zero attached hydrogens (tertiary/aromatic N) is 1. The smallest absolute Gasteiger partial charge is 0.237 e. The minimum absolute atomic E-state index is 0.0213. The van der Waals surface area contributed by atoms with Crippen LogP contribution in [-0.4, -0.2) is 11.8 Å². The summed E-state index contributed by atoms with van der Waals surface area (Å²) in [6, 6.07) is 14.3. The van der Waals surface area contributed by atoms with Crippen molar-refractivity contribution >= 4 is 29.1 Å². The highest BCUT2D eigenvalue weighted by Crippen LogP contribution is 2.56. The summed E-state index contributed by atoms with van der Waals surface area (Å²) in [7, 11) is 0. The number of amides is 2.